The molecule has 1 aromatic carbocycles. The van der Waals surface area contributed by atoms with Crippen LogP contribution in [0.4, 0.5) is 13.2 Å². The van der Waals surface area contributed by atoms with Crippen LogP contribution in [0.25, 0.3) is 0 Å². The molecule has 2 aliphatic rings. The van der Waals surface area contributed by atoms with E-state index in [1.54, 1.807) is 37.4 Å². The summed E-state index contributed by atoms with van der Waals surface area (Å²) >= 11 is 0. The molecule has 7 heteroatoms. The molecule has 2 fully saturated rings. The van der Waals surface area contributed by atoms with Crippen molar-refractivity contribution in [3.8, 4) is 0 Å². The zero-order valence-electron chi connectivity index (χ0n) is 13.3. The summed E-state index contributed by atoms with van der Waals surface area (Å²) in [7, 11) is 1.62. The molecule has 1 spiro atoms. The summed E-state index contributed by atoms with van der Waals surface area (Å²) in [6.45, 7) is -0.0762. The minimum Gasteiger partial charge on any atom is -0.338 e. The van der Waals surface area contributed by atoms with E-state index < -0.39 is 23.7 Å². The van der Waals surface area contributed by atoms with Crippen LogP contribution in [0.5, 0.6) is 0 Å². The van der Waals surface area contributed by atoms with Crippen LogP contribution in [0, 0.1) is 0 Å². The van der Waals surface area contributed by atoms with Gasteiger partial charge in [-0.2, -0.15) is 13.2 Å². The lowest BCUT2D eigenvalue weighted by Gasteiger charge is -2.48. The molecule has 0 radical (unpaired) electrons. The molecule has 0 aliphatic carbocycles. The van der Waals surface area contributed by atoms with E-state index in [9.17, 15) is 22.8 Å². The normalized spacial score (nSPS) is 27.8. The summed E-state index contributed by atoms with van der Waals surface area (Å²) in [5.41, 5.74) is 0.0143. The summed E-state index contributed by atoms with van der Waals surface area (Å²) in [5, 5.41) is 0. The number of likely N-dealkylation sites (tertiary alicyclic amines) is 2. The molecular weight excluding hydrogens is 321 g/mol. The monoisotopic (exact) mass is 340 g/mol. The average molecular weight is 340 g/mol. The molecule has 130 valence electrons. The standard InChI is InChI=1S/C17H19F3N2O2/c1-21-14(23)8-10-16(21)9-7-13(12-5-3-2-4-6-12)22(11-16)15(24)17(18,19)20/h2-6,13H,7-11H2,1H3. The van der Waals surface area contributed by atoms with Crippen LogP contribution in [0.3, 0.4) is 0 Å². The summed E-state index contributed by atoms with van der Waals surface area (Å²) in [6.07, 6.45) is -3.11. The molecule has 2 amide bonds. The van der Waals surface area contributed by atoms with Crippen LogP contribution in [-0.4, -0.2) is 46.9 Å². The summed E-state index contributed by atoms with van der Waals surface area (Å²) < 4.78 is 39.3. The van der Waals surface area contributed by atoms with E-state index >= 15 is 0 Å². The van der Waals surface area contributed by atoms with Gasteiger partial charge in [0.1, 0.15) is 0 Å². The van der Waals surface area contributed by atoms with Crippen LogP contribution in [0.1, 0.15) is 37.3 Å². The molecule has 0 N–H and O–H groups in total. The first kappa shape index (κ1) is 16.8. The lowest BCUT2D eigenvalue weighted by Crippen LogP contribution is -2.59. The number of likely N-dealkylation sites (N-methyl/N-ethyl adjacent to an activating group) is 1. The Labute approximate surface area is 138 Å². The van der Waals surface area contributed by atoms with Crippen molar-refractivity contribution in [2.75, 3.05) is 13.6 Å². The highest BCUT2D eigenvalue weighted by atomic mass is 19.4. The highest BCUT2D eigenvalue weighted by molar-refractivity contribution is 5.83. The number of carbonyl (C=O) groups is 2. The number of hydrogen-bond acceptors (Lipinski definition) is 2. The van der Waals surface area contributed by atoms with Gasteiger partial charge in [0.2, 0.25) is 5.91 Å². The van der Waals surface area contributed by atoms with Gasteiger partial charge >= 0.3 is 12.1 Å². The molecule has 0 saturated carbocycles. The van der Waals surface area contributed by atoms with E-state index in [-0.39, 0.29) is 12.5 Å². The summed E-state index contributed by atoms with van der Waals surface area (Å²) in [4.78, 5) is 26.3. The number of alkyl halides is 3. The lowest BCUT2D eigenvalue weighted by molar-refractivity contribution is -0.192. The van der Waals surface area contributed by atoms with Crippen molar-refractivity contribution < 1.29 is 22.8 Å². The Morgan fingerprint density at radius 1 is 1.21 bits per heavy atom. The Hall–Kier alpha value is -2.05. The van der Waals surface area contributed by atoms with Crippen molar-refractivity contribution in [3.63, 3.8) is 0 Å². The Morgan fingerprint density at radius 3 is 2.42 bits per heavy atom. The van der Waals surface area contributed by atoms with Gasteiger partial charge in [-0.3, -0.25) is 9.59 Å². The van der Waals surface area contributed by atoms with Crippen molar-refractivity contribution >= 4 is 11.8 Å². The van der Waals surface area contributed by atoms with Crippen molar-refractivity contribution in [1.82, 2.24) is 9.80 Å². The second-order valence-corrected chi connectivity index (χ2v) is 6.57. The first-order chi connectivity index (χ1) is 11.2. The highest BCUT2D eigenvalue weighted by Crippen LogP contribution is 2.44. The number of amides is 2. The third-order valence-electron chi connectivity index (χ3n) is 5.30. The van der Waals surface area contributed by atoms with E-state index in [1.165, 1.54) is 4.90 Å². The first-order valence-electron chi connectivity index (χ1n) is 7.94. The molecule has 0 bridgehead atoms. The third-order valence-corrected chi connectivity index (χ3v) is 5.30. The predicted octanol–water partition coefficient (Wildman–Crippen LogP) is 2.90. The van der Waals surface area contributed by atoms with E-state index in [0.717, 1.165) is 4.90 Å². The Kier molecular flexibility index (Phi) is 4.05. The molecule has 1 aromatic rings. The molecule has 2 unspecified atom stereocenters. The largest absolute Gasteiger partial charge is 0.471 e. The number of halogens is 3. The average Bonchev–Trinajstić information content (AvgIpc) is 2.83. The fraction of sp³-hybridized carbons (Fsp3) is 0.529. The molecule has 2 heterocycles. The van der Waals surface area contributed by atoms with Gasteiger partial charge in [-0.05, 0) is 24.8 Å². The van der Waals surface area contributed by atoms with Crippen LogP contribution in [0.2, 0.25) is 0 Å². The summed E-state index contributed by atoms with van der Waals surface area (Å²) in [5.74, 6) is -1.91. The smallest absolute Gasteiger partial charge is 0.338 e. The van der Waals surface area contributed by atoms with Gasteiger partial charge in [-0.15, -0.1) is 0 Å². The van der Waals surface area contributed by atoms with E-state index in [2.05, 4.69) is 0 Å². The number of benzene rings is 1. The maximum Gasteiger partial charge on any atom is 0.471 e. The van der Waals surface area contributed by atoms with Crippen molar-refractivity contribution in [2.24, 2.45) is 0 Å². The fourth-order valence-corrected chi connectivity index (χ4v) is 3.88. The molecule has 0 aromatic heterocycles. The quantitative estimate of drug-likeness (QED) is 0.789. The first-order valence-corrected chi connectivity index (χ1v) is 7.94. The third kappa shape index (κ3) is 2.76. The van der Waals surface area contributed by atoms with Gasteiger partial charge in [-0.1, -0.05) is 30.3 Å². The minimum atomic E-state index is -4.92. The molecule has 2 aliphatic heterocycles. The second kappa shape index (κ2) is 5.79. The number of rotatable bonds is 1. The Morgan fingerprint density at radius 2 is 1.88 bits per heavy atom. The zero-order chi connectivity index (χ0) is 17.5. The molecular formula is C17H19F3N2O2. The molecule has 4 nitrogen and oxygen atoms in total. The predicted molar refractivity (Wildman–Crippen MR) is 80.9 cm³/mol. The number of piperidine rings is 1. The maximum absolute atomic E-state index is 13.1. The van der Waals surface area contributed by atoms with Crippen LogP contribution >= 0.6 is 0 Å². The number of carbonyl (C=O) groups excluding carboxylic acids is 2. The van der Waals surface area contributed by atoms with Gasteiger partial charge < -0.3 is 9.80 Å². The fourth-order valence-electron chi connectivity index (χ4n) is 3.88. The summed E-state index contributed by atoms with van der Waals surface area (Å²) in [6, 6.07) is 8.15. The molecule has 2 atom stereocenters. The van der Waals surface area contributed by atoms with Gasteiger partial charge in [0.15, 0.2) is 0 Å². The van der Waals surface area contributed by atoms with Crippen molar-refractivity contribution in [1.29, 1.82) is 0 Å². The Bertz CT molecular complexity index is 647. The van der Waals surface area contributed by atoms with E-state index in [1.807, 2.05) is 0 Å². The van der Waals surface area contributed by atoms with Crippen LogP contribution in [-0.2, 0) is 9.59 Å². The van der Waals surface area contributed by atoms with Gasteiger partial charge in [-0.25, -0.2) is 0 Å². The SMILES string of the molecule is CN1C(=O)CCC12CCC(c1ccccc1)N(C(=O)C(F)(F)F)C2. The van der Waals surface area contributed by atoms with Crippen molar-refractivity contribution in [3.05, 3.63) is 35.9 Å². The van der Waals surface area contributed by atoms with Crippen LogP contribution in [0.15, 0.2) is 30.3 Å². The lowest BCUT2D eigenvalue weighted by atomic mass is 9.81. The maximum atomic E-state index is 13.1. The van der Waals surface area contributed by atoms with Gasteiger partial charge in [0.05, 0.1) is 11.6 Å². The van der Waals surface area contributed by atoms with E-state index in [4.69, 9.17) is 0 Å². The van der Waals surface area contributed by atoms with Gasteiger partial charge in [0, 0.05) is 20.0 Å². The van der Waals surface area contributed by atoms with Crippen LogP contribution < -0.4 is 0 Å². The zero-order valence-corrected chi connectivity index (χ0v) is 13.3. The number of nitrogens with zero attached hydrogens (tertiary/aromatic N) is 2. The van der Waals surface area contributed by atoms with Crippen molar-refractivity contribution in [2.45, 2.75) is 43.4 Å². The Balaban J connectivity index is 1.95. The number of hydrogen-bond donors (Lipinski definition) is 0. The van der Waals surface area contributed by atoms with E-state index in [0.29, 0.717) is 31.2 Å². The highest BCUT2D eigenvalue weighted by Gasteiger charge is 2.53. The topological polar surface area (TPSA) is 40.6 Å². The van der Waals surface area contributed by atoms with Gasteiger partial charge in [0.25, 0.3) is 0 Å². The minimum absolute atomic E-state index is 0.0762. The molecule has 2 saturated heterocycles. The molecule has 24 heavy (non-hydrogen) atoms. The molecule has 3 rings (SSSR count). The second-order valence-electron chi connectivity index (χ2n) is 6.57.